The van der Waals surface area contributed by atoms with E-state index in [0.717, 1.165) is 36.6 Å². The van der Waals surface area contributed by atoms with E-state index in [4.69, 9.17) is 14.5 Å². The van der Waals surface area contributed by atoms with Gasteiger partial charge in [0.2, 0.25) is 0 Å². The van der Waals surface area contributed by atoms with Crippen LogP contribution in [0.1, 0.15) is 42.6 Å². The molecule has 1 aromatic rings. The van der Waals surface area contributed by atoms with Gasteiger partial charge >= 0.3 is 0 Å². The Hall–Kier alpha value is -0.980. The number of carbonyl (C=O) groups is 1. The van der Waals surface area contributed by atoms with Gasteiger partial charge in [-0.1, -0.05) is 32.1 Å². The molecule has 0 atom stereocenters. The largest absolute Gasteiger partial charge is 0.385 e. The molecule has 0 aliphatic carbocycles. The molecule has 0 bridgehead atoms. The highest BCUT2D eigenvalue weighted by Crippen LogP contribution is 2.32. The Balaban J connectivity index is 2.95. The molecule has 6 heteroatoms. The van der Waals surface area contributed by atoms with Crippen LogP contribution >= 0.6 is 11.3 Å². The van der Waals surface area contributed by atoms with Crippen LogP contribution in [-0.4, -0.2) is 51.8 Å². The summed E-state index contributed by atoms with van der Waals surface area (Å²) in [6.07, 6.45) is 1.83. The molecule has 0 fully saturated rings. The molecule has 0 N–H and O–H groups in total. The minimum Gasteiger partial charge on any atom is -0.385 e. The SMILES string of the molecule is COCCCN(CCOC)c1nc(C(C)(C)C)c(C=O)s1. The molecule has 0 spiro atoms. The van der Waals surface area contributed by atoms with Crippen molar-refractivity contribution in [2.24, 2.45) is 0 Å². The lowest BCUT2D eigenvalue weighted by molar-refractivity contribution is 0.112. The van der Waals surface area contributed by atoms with Gasteiger partial charge in [0.05, 0.1) is 17.2 Å². The zero-order valence-electron chi connectivity index (χ0n) is 13.6. The maximum atomic E-state index is 11.3. The van der Waals surface area contributed by atoms with Gasteiger partial charge in [-0.25, -0.2) is 4.98 Å². The second-order valence-electron chi connectivity index (χ2n) is 5.90. The van der Waals surface area contributed by atoms with Gasteiger partial charge in [-0.2, -0.15) is 0 Å². The van der Waals surface area contributed by atoms with Crippen molar-refractivity contribution in [3.05, 3.63) is 10.6 Å². The monoisotopic (exact) mass is 314 g/mol. The molecular weight excluding hydrogens is 288 g/mol. The van der Waals surface area contributed by atoms with Crippen molar-refractivity contribution in [1.29, 1.82) is 0 Å². The molecule has 0 aromatic carbocycles. The lowest BCUT2D eigenvalue weighted by Gasteiger charge is -2.21. The Morgan fingerprint density at radius 2 is 1.86 bits per heavy atom. The molecule has 21 heavy (non-hydrogen) atoms. The number of methoxy groups -OCH3 is 2. The van der Waals surface area contributed by atoms with E-state index in [1.165, 1.54) is 11.3 Å². The first-order valence-electron chi connectivity index (χ1n) is 7.13. The summed E-state index contributed by atoms with van der Waals surface area (Å²) in [5.74, 6) is 0. The van der Waals surface area contributed by atoms with Crippen LogP contribution in [0.2, 0.25) is 0 Å². The minimum absolute atomic E-state index is 0.134. The molecule has 1 rings (SSSR count). The number of aldehydes is 1. The van der Waals surface area contributed by atoms with E-state index < -0.39 is 0 Å². The van der Waals surface area contributed by atoms with Crippen LogP contribution in [0.4, 0.5) is 5.13 Å². The number of hydrogen-bond donors (Lipinski definition) is 0. The summed E-state index contributed by atoms with van der Waals surface area (Å²) in [6, 6.07) is 0. The highest BCUT2D eigenvalue weighted by Gasteiger charge is 2.24. The first-order valence-corrected chi connectivity index (χ1v) is 7.95. The number of anilines is 1. The van der Waals surface area contributed by atoms with Crippen LogP contribution in [0, 0.1) is 0 Å². The fourth-order valence-electron chi connectivity index (χ4n) is 1.98. The number of carbonyl (C=O) groups excluding carboxylic acids is 1. The Kier molecular flexibility index (Phi) is 7.28. The van der Waals surface area contributed by atoms with E-state index in [0.29, 0.717) is 18.1 Å². The van der Waals surface area contributed by atoms with Crippen LogP contribution in [0.15, 0.2) is 0 Å². The third-order valence-electron chi connectivity index (χ3n) is 3.07. The zero-order chi connectivity index (χ0) is 15.9. The first kappa shape index (κ1) is 18.1. The van der Waals surface area contributed by atoms with Crippen molar-refractivity contribution in [2.75, 3.05) is 45.4 Å². The van der Waals surface area contributed by atoms with Crippen molar-refractivity contribution < 1.29 is 14.3 Å². The lowest BCUT2D eigenvalue weighted by Crippen LogP contribution is -2.29. The Bertz CT molecular complexity index is 441. The number of thiazole rings is 1. The summed E-state index contributed by atoms with van der Waals surface area (Å²) in [7, 11) is 3.39. The van der Waals surface area contributed by atoms with Crippen molar-refractivity contribution in [3.63, 3.8) is 0 Å². The van der Waals surface area contributed by atoms with E-state index in [2.05, 4.69) is 25.7 Å². The molecule has 1 heterocycles. The van der Waals surface area contributed by atoms with Gasteiger partial charge in [0, 0.05) is 39.3 Å². The summed E-state index contributed by atoms with van der Waals surface area (Å²) in [6.45, 7) is 9.16. The summed E-state index contributed by atoms with van der Waals surface area (Å²) in [5, 5.41) is 0.884. The van der Waals surface area contributed by atoms with Crippen molar-refractivity contribution in [2.45, 2.75) is 32.6 Å². The fourth-order valence-corrected chi connectivity index (χ4v) is 3.12. The van der Waals surface area contributed by atoms with Crippen LogP contribution in [0.3, 0.4) is 0 Å². The van der Waals surface area contributed by atoms with Crippen LogP contribution in [0.25, 0.3) is 0 Å². The zero-order valence-corrected chi connectivity index (χ0v) is 14.5. The second-order valence-corrected chi connectivity index (χ2v) is 6.91. The van der Waals surface area contributed by atoms with Crippen LogP contribution in [-0.2, 0) is 14.9 Å². The van der Waals surface area contributed by atoms with E-state index in [-0.39, 0.29) is 5.41 Å². The number of rotatable bonds is 9. The molecule has 0 unspecified atom stereocenters. The summed E-state index contributed by atoms with van der Waals surface area (Å²) >= 11 is 1.45. The topological polar surface area (TPSA) is 51.7 Å². The van der Waals surface area contributed by atoms with E-state index in [1.54, 1.807) is 14.2 Å². The summed E-state index contributed by atoms with van der Waals surface area (Å²) < 4.78 is 10.3. The number of nitrogens with zero attached hydrogens (tertiary/aromatic N) is 2. The van der Waals surface area contributed by atoms with Crippen molar-refractivity contribution in [3.8, 4) is 0 Å². The molecule has 1 aromatic heterocycles. The number of aromatic nitrogens is 1. The highest BCUT2D eigenvalue weighted by molar-refractivity contribution is 7.17. The third-order valence-corrected chi connectivity index (χ3v) is 4.11. The van der Waals surface area contributed by atoms with Gasteiger partial charge in [-0.05, 0) is 6.42 Å². The normalized spacial score (nSPS) is 11.7. The van der Waals surface area contributed by atoms with Crippen molar-refractivity contribution >= 4 is 22.8 Å². The number of ether oxygens (including phenoxy) is 2. The molecule has 120 valence electrons. The molecule has 5 nitrogen and oxygen atoms in total. The molecule has 0 aliphatic rings. The first-order chi connectivity index (χ1) is 9.93. The summed E-state index contributed by atoms with van der Waals surface area (Å²) in [5.41, 5.74) is 0.733. The van der Waals surface area contributed by atoms with Gasteiger partial charge < -0.3 is 14.4 Å². The molecule has 0 radical (unpaired) electrons. The van der Waals surface area contributed by atoms with Crippen LogP contribution in [0.5, 0.6) is 0 Å². The van der Waals surface area contributed by atoms with E-state index in [1.807, 2.05) is 0 Å². The molecule has 0 saturated heterocycles. The smallest absolute Gasteiger partial charge is 0.186 e. The van der Waals surface area contributed by atoms with Gasteiger partial charge in [-0.3, -0.25) is 4.79 Å². The summed E-state index contributed by atoms with van der Waals surface area (Å²) in [4.78, 5) is 18.9. The predicted molar refractivity (Wildman–Crippen MR) is 86.8 cm³/mol. The molecule has 0 amide bonds. The predicted octanol–water partition coefficient (Wildman–Crippen LogP) is 2.74. The standard InChI is InChI=1S/C15H26N2O3S/c1-15(2,3)13-12(11-18)21-14(16-13)17(8-10-20-5)7-6-9-19-4/h11H,6-10H2,1-5H3. The second kappa shape index (κ2) is 8.46. The molecule has 0 saturated carbocycles. The van der Waals surface area contributed by atoms with E-state index in [9.17, 15) is 4.79 Å². The molecular formula is C15H26N2O3S. The molecule has 0 aliphatic heterocycles. The highest BCUT2D eigenvalue weighted by atomic mass is 32.1. The third kappa shape index (κ3) is 5.37. The van der Waals surface area contributed by atoms with E-state index >= 15 is 0 Å². The maximum Gasteiger partial charge on any atom is 0.186 e. The fraction of sp³-hybridized carbons (Fsp3) is 0.733. The van der Waals surface area contributed by atoms with Crippen molar-refractivity contribution in [1.82, 2.24) is 4.98 Å². The Labute approximate surface area is 131 Å². The minimum atomic E-state index is -0.134. The lowest BCUT2D eigenvalue weighted by atomic mass is 9.91. The average Bonchev–Trinajstić information content (AvgIpc) is 2.87. The maximum absolute atomic E-state index is 11.3. The van der Waals surface area contributed by atoms with Gasteiger partial charge in [-0.15, -0.1) is 0 Å². The number of hydrogen-bond acceptors (Lipinski definition) is 6. The average molecular weight is 314 g/mol. The quantitative estimate of drug-likeness (QED) is 0.518. The van der Waals surface area contributed by atoms with Crippen LogP contribution < -0.4 is 4.90 Å². The van der Waals surface area contributed by atoms with Gasteiger partial charge in [0.1, 0.15) is 0 Å². The van der Waals surface area contributed by atoms with Gasteiger partial charge in [0.15, 0.2) is 11.4 Å². The van der Waals surface area contributed by atoms with Gasteiger partial charge in [0.25, 0.3) is 0 Å². The Morgan fingerprint density at radius 3 is 2.33 bits per heavy atom. The Morgan fingerprint density at radius 1 is 1.19 bits per heavy atom.